The van der Waals surface area contributed by atoms with Gasteiger partial charge in [0.25, 0.3) is 0 Å². The van der Waals surface area contributed by atoms with Crippen LogP contribution in [0.3, 0.4) is 0 Å². The number of piperidine rings is 1. The molecule has 1 aromatic rings. The molecule has 140 valence electrons. The molecule has 0 saturated carbocycles. The number of fused-ring (bicyclic) bond motifs is 1. The van der Waals surface area contributed by atoms with E-state index in [-0.39, 0.29) is 24.5 Å². The Hall–Kier alpha value is -1.93. The standard InChI is InChI=1S/C18H23N3O4S/c22-17-12-19-18(23)21(17)15-7-9-20(10-8-15)26(24,25)16-6-5-13-3-1-2-4-14(13)11-16/h5-6,11,15H,1-4,7-10,12H2,(H,19,23). The van der Waals surface area contributed by atoms with Crippen molar-refractivity contribution in [2.45, 2.75) is 49.5 Å². The Morgan fingerprint density at radius 3 is 2.35 bits per heavy atom. The summed E-state index contributed by atoms with van der Waals surface area (Å²) < 4.78 is 27.5. The molecule has 1 N–H and O–H groups in total. The van der Waals surface area contributed by atoms with Crippen molar-refractivity contribution in [3.05, 3.63) is 29.3 Å². The van der Waals surface area contributed by atoms with Gasteiger partial charge in [0, 0.05) is 19.1 Å². The van der Waals surface area contributed by atoms with Crippen LogP contribution >= 0.6 is 0 Å². The van der Waals surface area contributed by atoms with Crippen molar-refractivity contribution in [3.63, 3.8) is 0 Å². The molecule has 8 heteroatoms. The molecular weight excluding hydrogens is 354 g/mol. The van der Waals surface area contributed by atoms with Gasteiger partial charge in [-0.1, -0.05) is 6.07 Å². The topological polar surface area (TPSA) is 86.8 Å². The van der Waals surface area contributed by atoms with Crippen LogP contribution in [-0.4, -0.2) is 55.2 Å². The van der Waals surface area contributed by atoms with Gasteiger partial charge in [0.15, 0.2) is 0 Å². The quantitative estimate of drug-likeness (QED) is 0.804. The molecule has 1 aromatic carbocycles. The van der Waals surface area contributed by atoms with E-state index < -0.39 is 10.0 Å². The minimum absolute atomic E-state index is 0.0342. The van der Waals surface area contributed by atoms with Crippen LogP contribution in [0.5, 0.6) is 0 Å². The third-order valence-electron chi connectivity index (χ3n) is 5.62. The number of nitrogens with one attached hydrogen (secondary N) is 1. The van der Waals surface area contributed by atoms with Crippen LogP contribution in [0.2, 0.25) is 0 Å². The molecule has 1 aliphatic carbocycles. The summed E-state index contributed by atoms with van der Waals surface area (Å²) in [7, 11) is -3.54. The van der Waals surface area contributed by atoms with Gasteiger partial charge < -0.3 is 5.32 Å². The Morgan fingerprint density at radius 2 is 1.69 bits per heavy atom. The van der Waals surface area contributed by atoms with Gasteiger partial charge in [0.1, 0.15) is 0 Å². The number of hydrogen-bond donors (Lipinski definition) is 1. The summed E-state index contributed by atoms with van der Waals surface area (Å²) in [6, 6.07) is 4.89. The normalized spacial score (nSPS) is 22.4. The van der Waals surface area contributed by atoms with Crippen LogP contribution in [0, 0.1) is 0 Å². The molecule has 0 spiro atoms. The van der Waals surface area contributed by atoms with Crippen LogP contribution in [0.1, 0.15) is 36.8 Å². The molecule has 2 heterocycles. The maximum atomic E-state index is 13.0. The first kappa shape index (κ1) is 17.5. The lowest BCUT2D eigenvalue weighted by atomic mass is 9.92. The summed E-state index contributed by atoms with van der Waals surface area (Å²) in [5.74, 6) is -0.231. The molecule has 2 aliphatic heterocycles. The third-order valence-corrected chi connectivity index (χ3v) is 7.52. The Labute approximate surface area is 153 Å². The van der Waals surface area contributed by atoms with Gasteiger partial charge in [0.05, 0.1) is 11.4 Å². The predicted molar refractivity (Wildman–Crippen MR) is 95.1 cm³/mol. The fourth-order valence-electron chi connectivity index (χ4n) is 4.16. The van der Waals surface area contributed by atoms with Crippen molar-refractivity contribution in [2.75, 3.05) is 19.6 Å². The lowest BCUT2D eigenvalue weighted by Gasteiger charge is -2.34. The van der Waals surface area contributed by atoms with Gasteiger partial charge in [-0.15, -0.1) is 0 Å². The Morgan fingerprint density at radius 1 is 1.00 bits per heavy atom. The van der Waals surface area contributed by atoms with E-state index >= 15 is 0 Å². The van der Waals surface area contributed by atoms with E-state index in [2.05, 4.69) is 5.32 Å². The number of hydrogen-bond acceptors (Lipinski definition) is 4. The zero-order valence-corrected chi connectivity index (χ0v) is 15.4. The molecule has 0 bridgehead atoms. The van der Waals surface area contributed by atoms with Gasteiger partial charge in [0.2, 0.25) is 15.9 Å². The summed E-state index contributed by atoms with van der Waals surface area (Å²) in [5.41, 5.74) is 2.40. The number of benzene rings is 1. The maximum Gasteiger partial charge on any atom is 0.324 e. The number of sulfonamides is 1. The molecule has 2 fully saturated rings. The van der Waals surface area contributed by atoms with Crippen molar-refractivity contribution in [1.82, 2.24) is 14.5 Å². The molecule has 26 heavy (non-hydrogen) atoms. The molecule has 0 radical (unpaired) electrons. The third kappa shape index (κ3) is 3.01. The summed E-state index contributed by atoms with van der Waals surface area (Å²) in [5, 5.41) is 2.52. The largest absolute Gasteiger partial charge is 0.329 e. The van der Waals surface area contributed by atoms with Gasteiger partial charge in [-0.3, -0.25) is 9.69 Å². The molecule has 7 nitrogen and oxygen atoms in total. The molecule has 4 rings (SSSR count). The summed E-state index contributed by atoms with van der Waals surface area (Å²) in [6.07, 6.45) is 5.18. The highest BCUT2D eigenvalue weighted by Crippen LogP contribution is 2.28. The highest BCUT2D eigenvalue weighted by atomic mass is 32.2. The van der Waals surface area contributed by atoms with Crippen molar-refractivity contribution < 1.29 is 18.0 Å². The van der Waals surface area contributed by atoms with E-state index in [1.165, 1.54) is 14.8 Å². The fourth-order valence-corrected chi connectivity index (χ4v) is 5.69. The second-order valence-corrected chi connectivity index (χ2v) is 9.13. The average Bonchev–Trinajstić information content (AvgIpc) is 3.00. The van der Waals surface area contributed by atoms with E-state index in [9.17, 15) is 18.0 Å². The van der Waals surface area contributed by atoms with E-state index in [1.54, 1.807) is 6.07 Å². The number of aryl methyl sites for hydroxylation is 2. The first-order chi connectivity index (χ1) is 12.5. The molecule has 0 atom stereocenters. The maximum absolute atomic E-state index is 13.0. The average molecular weight is 377 g/mol. The minimum Gasteiger partial charge on any atom is -0.329 e. The number of carbonyl (C=O) groups is 2. The predicted octanol–water partition coefficient (Wildman–Crippen LogP) is 1.27. The van der Waals surface area contributed by atoms with Crippen molar-refractivity contribution >= 4 is 22.0 Å². The summed E-state index contributed by atoms with van der Waals surface area (Å²) >= 11 is 0. The number of rotatable bonds is 3. The van der Waals surface area contributed by atoms with Crippen molar-refractivity contribution in [1.29, 1.82) is 0 Å². The van der Waals surface area contributed by atoms with Crippen molar-refractivity contribution in [2.24, 2.45) is 0 Å². The van der Waals surface area contributed by atoms with Gasteiger partial charge in [-0.05, 0) is 61.8 Å². The number of urea groups is 1. The molecule has 2 saturated heterocycles. The van der Waals surface area contributed by atoms with E-state index in [1.807, 2.05) is 12.1 Å². The van der Waals surface area contributed by atoms with Gasteiger partial charge >= 0.3 is 6.03 Å². The Balaban J connectivity index is 1.48. The van der Waals surface area contributed by atoms with Crippen LogP contribution in [0.15, 0.2) is 23.1 Å². The fraction of sp³-hybridized carbons (Fsp3) is 0.556. The highest BCUT2D eigenvalue weighted by molar-refractivity contribution is 7.89. The number of amides is 3. The number of nitrogens with zero attached hydrogens (tertiary/aromatic N) is 2. The second kappa shape index (κ2) is 6.66. The van der Waals surface area contributed by atoms with E-state index in [0.29, 0.717) is 30.8 Å². The van der Waals surface area contributed by atoms with Crippen molar-refractivity contribution in [3.8, 4) is 0 Å². The van der Waals surface area contributed by atoms with Gasteiger partial charge in [-0.25, -0.2) is 13.2 Å². The molecule has 0 unspecified atom stereocenters. The van der Waals surface area contributed by atoms with Crippen LogP contribution in [-0.2, 0) is 27.7 Å². The Kier molecular flexibility index (Phi) is 4.48. The second-order valence-electron chi connectivity index (χ2n) is 7.20. The monoisotopic (exact) mass is 377 g/mol. The zero-order valence-electron chi connectivity index (χ0n) is 14.6. The molecule has 0 aromatic heterocycles. The minimum atomic E-state index is -3.54. The lowest BCUT2D eigenvalue weighted by Crippen LogP contribution is -2.48. The molecule has 3 amide bonds. The Bertz CT molecular complexity index is 828. The SMILES string of the molecule is O=C1CNC(=O)N1C1CCN(S(=O)(=O)c2ccc3c(c2)CCCC3)CC1. The van der Waals surface area contributed by atoms with Crippen LogP contribution in [0.4, 0.5) is 4.79 Å². The zero-order chi connectivity index (χ0) is 18.3. The first-order valence-electron chi connectivity index (χ1n) is 9.18. The number of carbonyl (C=O) groups excluding carboxylic acids is 2. The van der Waals surface area contributed by atoms with E-state index in [0.717, 1.165) is 31.2 Å². The molecule has 3 aliphatic rings. The smallest absolute Gasteiger partial charge is 0.324 e. The first-order valence-corrected chi connectivity index (χ1v) is 10.6. The van der Waals surface area contributed by atoms with Crippen LogP contribution in [0.25, 0.3) is 0 Å². The highest BCUT2D eigenvalue weighted by Gasteiger charge is 2.38. The van der Waals surface area contributed by atoms with Gasteiger partial charge in [-0.2, -0.15) is 4.31 Å². The molecular formula is C18H23N3O4S. The summed E-state index contributed by atoms with van der Waals surface area (Å²) in [4.78, 5) is 25.2. The summed E-state index contributed by atoms with van der Waals surface area (Å²) in [6.45, 7) is 0.675. The van der Waals surface area contributed by atoms with Crippen LogP contribution < -0.4 is 5.32 Å². The number of imide groups is 1. The lowest BCUT2D eigenvalue weighted by molar-refractivity contribution is -0.127. The van der Waals surface area contributed by atoms with E-state index in [4.69, 9.17) is 0 Å².